The highest BCUT2D eigenvalue weighted by atomic mass is 32.2. The lowest BCUT2D eigenvalue weighted by atomic mass is 9.93. The highest BCUT2D eigenvalue weighted by Gasteiger charge is 2.50. The summed E-state index contributed by atoms with van der Waals surface area (Å²) < 4.78 is 2.09. The first-order valence-corrected chi connectivity index (χ1v) is 11.2. The van der Waals surface area contributed by atoms with Gasteiger partial charge in [0.05, 0.1) is 24.3 Å². The van der Waals surface area contributed by atoms with Crippen molar-refractivity contribution in [1.29, 1.82) is 0 Å². The topological polar surface area (TPSA) is 68.2 Å². The summed E-state index contributed by atoms with van der Waals surface area (Å²) in [7, 11) is 0. The van der Waals surface area contributed by atoms with Gasteiger partial charge in [-0.2, -0.15) is 11.8 Å². The molecule has 1 unspecified atom stereocenters. The number of hydrogen-bond acceptors (Lipinski definition) is 5. The average Bonchev–Trinajstić information content (AvgIpc) is 3.53. The SMILES string of the molecule is [C-]#[N+]c1cccnc1-c1ccc(C2(c3nnc4n3CCSC(C)(CO)C4)CC2)cc1. The van der Waals surface area contributed by atoms with Crippen molar-refractivity contribution in [1.82, 2.24) is 19.7 Å². The molecule has 1 aliphatic carbocycles. The number of thioether (sulfide) groups is 1. The normalized spacial score (nSPS) is 22.0. The van der Waals surface area contributed by atoms with E-state index in [9.17, 15) is 5.11 Å². The van der Waals surface area contributed by atoms with Gasteiger partial charge in [0.25, 0.3) is 0 Å². The fourth-order valence-corrected chi connectivity index (χ4v) is 5.44. The summed E-state index contributed by atoms with van der Waals surface area (Å²) in [5.74, 6) is 2.97. The van der Waals surface area contributed by atoms with Gasteiger partial charge in [0.1, 0.15) is 11.6 Å². The largest absolute Gasteiger partial charge is 0.395 e. The average molecular weight is 418 g/mol. The molecule has 1 fully saturated rings. The monoisotopic (exact) mass is 417 g/mol. The number of pyridine rings is 1. The summed E-state index contributed by atoms with van der Waals surface area (Å²) >= 11 is 1.82. The van der Waals surface area contributed by atoms with Crippen molar-refractivity contribution in [3.63, 3.8) is 0 Å². The number of aliphatic hydroxyl groups is 1. The highest BCUT2D eigenvalue weighted by Crippen LogP contribution is 2.53. The molecule has 0 bridgehead atoms. The number of hydrogen-bond donors (Lipinski definition) is 1. The van der Waals surface area contributed by atoms with Crippen LogP contribution in [0.25, 0.3) is 16.1 Å². The molecular formula is C23H23N5OS. The van der Waals surface area contributed by atoms with Gasteiger partial charge in [-0.15, -0.1) is 10.2 Å². The van der Waals surface area contributed by atoms with E-state index in [1.54, 1.807) is 18.3 Å². The predicted molar refractivity (Wildman–Crippen MR) is 118 cm³/mol. The summed E-state index contributed by atoms with van der Waals surface area (Å²) in [6, 6.07) is 12.0. The number of aromatic nitrogens is 4. The second kappa shape index (κ2) is 7.22. The van der Waals surface area contributed by atoms with E-state index in [1.165, 1.54) is 5.56 Å². The maximum absolute atomic E-state index is 9.81. The molecule has 1 aromatic carbocycles. The zero-order valence-electron chi connectivity index (χ0n) is 16.9. The van der Waals surface area contributed by atoms with Crippen LogP contribution in [-0.4, -0.2) is 42.0 Å². The standard InChI is InChI=1S/C23H23N5OS/c1-22(15-29)14-19-26-27-21(28(19)12-13-30-22)23(9-10-23)17-7-5-16(6-8-17)20-18(24-2)4-3-11-25-20/h3-8,11,29H,9-10,12-15H2,1H3. The Hall–Kier alpha value is -2.69. The van der Waals surface area contributed by atoms with Gasteiger partial charge in [0.15, 0.2) is 0 Å². The minimum absolute atomic E-state index is 0.0822. The lowest BCUT2D eigenvalue weighted by Gasteiger charge is -2.23. The van der Waals surface area contributed by atoms with Gasteiger partial charge in [-0.05, 0) is 30.9 Å². The molecule has 3 heterocycles. The third-order valence-electron chi connectivity index (χ3n) is 6.26. The first-order chi connectivity index (χ1) is 14.6. The Morgan fingerprint density at radius 1 is 1.20 bits per heavy atom. The molecule has 152 valence electrons. The quantitative estimate of drug-likeness (QED) is 0.650. The first-order valence-electron chi connectivity index (χ1n) is 10.2. The van der Waals surface area contributed by atoms with Crippen LogP contribution >= 0.6 is 11.8 Å². The highest BCUT2D eigenvalue weighted by molar-refractivity contribution is 8.00. The van der Waals surface area contributed by atoms with Gasteiger partial charge in [-0.25, -0.2) is 4.85 Å². The number of aliphatic hydroxyl groups excluding tert-OH is 1. The Bertz CT molecular complexity index is 1130. The molecule has 0 spiro atoms. The van der Waals surface area contributed by atoms with E-state index in [0.29, 0.717) is 5.69 Å². The van der Waals surface area contributed by atoms with Gasteiger partial charge in [-0.3, -0.25) is 4.98 Å². The lowest BCUT2D eigenvalue weighted by molar-refractivity contribution is 0.254. The molecule has 2 aliphatic rings. The molecule has 7 heteroatoms. The number of rotatable bonds is 4. The van der Waals surface area contributed by atoms with Crippen molar-refractivity contribution in [3.05, 3.63) is 71.2 Å². The van der Waals surface area contributed by atoms with Crippen LogP contribution in [0.3, 0.4) is 0 Å². The molecule has 1 aliphatic heterocycles. The van der Waals surface area contributed by atoms with E-state index >= 15 is 0 Å². The minimum Gasteiger partial charge on any atom is -0.395 e. The summed E-state index contributed by atoms with van der Waals surface area (Å²) in [5.41, 5.74) is 3.40. The fraction of sp³-hybridized carbons (Fsp3) is 0.391. The van der Waals surface area contributed by atoms with E-state index in [0.717, 1.165) is 54.5 Å². The van der Waals surface area contributed by atoms with E-state index < -0.39 is 0 Å². The predicted octanol–water partition coefficient (Wildman–Crippen LogP) is 4.01. The number of benzene rings is 1. The Morgan fingerprint density at radius 2 is 2.00 bits per heavy atom. The van der Waals surface area contributed by atoms with Crippen LogP contribution in [0.5, 0.6) is 0 Å². The third-order valence-corrected chi connectivity index (χ3v) is 7.61. The van der Waals surface area contributed by atoms with Crippen molar-refractivity contribution < 1.29 is 5.11 Å². The zero-order chi connectivity index (χ0) is 20.8. The van der Waals surface area contributed by atoms with Crippen molar-refractivity contribution in [3.8, 4) is 11.3 Å². The maximum Gasteiger partial charge on any atom is 0.212 e. The lowest BCUT2D eigenvalue weighted by Crippen LogP contribution is -2.28. The van der Waals surface area contributed by atoms with Crippen LogP contribution in [0.2, 0.25) is 0 Å². The van der Waals surface area contributed by atoms with Crippen LogP contribution in [-0.2, 0) is 18.4 Å². The molecule has 6 nitrogen and oxygen atoms in total. The van der Waals surface area contributed by atoms with Crippen LogP contribution in [0.15, 0.2) is 42.6 Å². The van der Waals surface area contributed by atoms with Gasteiger partial charge < -0.3 is 9.67 Å². The minimum atomic E-state index is -0.194. The zero-order valence-corrected chi connectivity index (χ0v) is 17.7. The summed E-state index contributed by atoms with van der Waals surface area (Å²) in [4.78, 5) is 8.00. The van der Waals surface area contributed by atoms with Crippen LogP contribution in [0.1, 0.15) is 37.0 Å². The Kier molecular flexibility index (Phi) is 4.64. The van der Waals surface area contributed by atoms with E-state index in [1.807, 2.05) is 11.8 Å². The van der Waals surface area contributed by atoms with Gasteiger partial charge in [0, 0.05) is 29.7 Å². The van der Waals surface area contributed by atoms with Crippen molar-refractivity contribution in [2.24, 2.45) is 0 Å². The molecule has 1 atom stereocenters. The first kappa shape index (κ1) is 19.3. The second-order valence-corrected chi connectivity index (χ2v) is 10.0. The molecule has 1 saturated carbocycles. The molecular weight excluding hydrogens is 394 g/mol. The van der Waals surface area contributed by atoms with Crippen LogP contribution < -0.4 is 0 Å². The van der Waals surface area contributed by atoms with Gasteiger partial charge >= 0.3 is 0 Å². The van der Waals surface area contributed by atoms with Crippen molar-refractivity contribution in [2.75, 3.05) is 12.4 Å². The molecule has 0 amide bonds. The summed E-state index contributed by atoms with van der Waals surface area (Å²) in [5, 5.41) is 19.0. The van der Waals surface area contributed by atoms with Crippen molar-refractivity contribution >= 4 is 17.4 Å². The molecule has 5 rings (SSSR count). The Morgan fingerprint density at radius 3 is 2.70 bits per heavy atom. The van der Waals surface area contributed by atoms with E-state index in [-0.39, 0.29) is 16.8 Å². The molecule has 30 heavy (non-hydrogen) atoms. The molecule has 3 aromatic rings. The Balaban J connectivity index is 1.48. The Labute approximate surface area is 180 Å². The number of fused-ring (bicyclic) bond motifs is 1. The summed E-state index contributed by atoms with van der Waals surface area (Å²) in [6.45, 7) is 10.5. The van der Waals surface area contributed by atoms with E-state index in [2.05, 4.69) is 55.8 Å². The third kappa shape index (κ3) is 3.11. The molecule has 1 N–H and O–H groups in total. The van der Waals surface area contributed by atoms with Crippen LogP contribution in [0.4, 0.5) is 5.69 Å². The molecule has 0 saturated heterocycles. The van der Waals surface area contributed by atoms with Gasteiger partial charge in [0.2, 0.25) is 5.69 Å². The van der Waals surface area contributed by atoms with Gasteiger partial charge in [-0.1, -0.05) is 36.4 Å². The van der Waals surface area contributed by atoms with Crippen molar-refractivity contribution in [2.45, 2.75) is 42.9 Å². The smallest absolute Gasteiger partial charge is 0.212 e. The molecule has 0 radical (unpaired) electrons. The fourth-order valence-electron chi connectivity index (χ4n) is 4.35. The molecule has 2 aromatic heterocycles. The maximum atomic E-state index is 9.81. The van der Waals surface area contributed by atoms with Crippen LogP contribution in [0, 0.1) is 6.57 Å². The second-order valence-electron chi connectivity index (χ2n) is 8.37. The number of nitrogens with zero attached hydrogens (tertiary/aromatic N) is 5. The summed E-state index contributed by atoms with van der Waals surface area (Å²) in [6.07, 6.45) is 4.58. The van der Waals surface area contributed by atoms with E-state index in [4.69, 9.17) is 6.57 Å².